The van der Waals surface area contributed by atoms with E-state index in [0.717, 1.165) is 28.3 Å². The van der Waals surface area contributed by atoms with Crippen LogP contribution < -0.4 is 4.90 Å². The first-order valence-electron chi connectivity index (χ1n) is 20.6. The van der Waals surface area contributed by atoms with Gasteiger partial charge in [0.15, 0.2) is 0 Å². The van der Waals surface area contributed by atoms with E-state index in [-0.39, 0.29) is 0 Å². The van der Waals surface area contributed by atoms with Crippen molar-refractivity contribution in [2.75, 3.05) is 4.90 Å². The zero-order valence-electron chi connectivity index (χ0n) is 33.0. The Balaban J connectivity index is 1.08. The average molecular weight is 765 g/mol. The molecule has 60 heavy (non-hydrogen) atoms. The van der Waals surface area contributed by atoms with Crippen LogP contribution in [-0.2, 0) is 0 Å². The van der Waals surface area contributed by atoms with Crippen molar-refractivity contribution < 1.29 is 0 Å². The molecule has 0 radical (unpaired) electrons. The van der Waals surface area contributed by atoms with Crippen LogP contribution in [0.25, 0.3) is 82.8 Å². The summed E-state index contributed by atoms with van der Waals surface area (Å²) in [5.41, 5.74) is 16.4. The molecule has 2 heteroatoms. The topological polar surface area (TPSA) is 8.17 Å². The summed E-state index contributed by atoms with van der Waals surface area (Å²) < 4.78 is 2.43. The van der Waals surface area contributed by atoms with Crippen molar-refractivity contribution in [1.82, 2.24) is 4.57 Å². The molecule has 0 aliphatic heterocycles. The monoisotopic (exact) mass is 764 g/mol. The van der Waals surface area contributed by atoms with Gasteiger partial charge in [0, 0.05) is 33.5 Å². The van der Waals surface area contributed by atoms with Crippen molar-refractivity contribution in [1.29, 1.82) is 0 Å². The fraction of sp³-hybridized carbons (Fsp3) is 0. The van der Waals surface area contributed by atoms with E-state index < -0.39 is 0 Å². The van der Waals surface area contributed by atoms with Crippen molar-refractivity contribution in [2.45, 2.75) is 0 Å². The Hall–Kier alpha value is -7.94. The molecule has 0 bridgehead atoms. The van der Waals surface area contributed by atoms with Gasteiger partial charge in [0.05, 0.1) is 11.0 Å². The summed E-state index contributed by atoms with van der Waals surface area (Å²) in [7, 11) is 0. The third kappa shape index (κ3) is 6.32. The zero-order chi connectivity index (χ0) is 39.8. The first kappa shape index (κ1) is 35.2. The quantitative estimate of drug-likeness (QED) is 0.150. The molecule has 282 valence electrons. The van der Waals surface area contributed by atoms with Gasteiger partial charge in [-0.25, -0.2) is 0 Å². The number of aromatic nitrogens is 1. The first-order chi connectivity index (χ1) is 29.8. The van der Waals surface area contributed by atoms with Crippen molar-refractivity contribution in [2.24, 2.45) is 0 Å². The lowest BCUT2D eigenvalue weighted by molar-refractivity contribution is 1.18. The molecule has 0 N–H and O–H groups in total. The maximum Gasteiger partial charge on any atom is 0.0562 e. The lowest BCUT2D eigenvalue weighted by atomic mass is 9.97. The molecule has 11 rings (SSSR count). The van der Waals surface area contributed by atoms with Crippen molar-refractivity contribution in [3.63, 3.8) is 0 Å². The number of anilines is 3. The van der Waals surface area contributed by atoms with Gasteiger partial charge in [0.2, 0.25) is 0 Å². The molecule has 1 heterocycles. The molecular formula is C58H40N2. The van der Waals surface area contributed by atoms with Gasteiger partial charge in [-0.2, -0.15) is 0 Å². The summed E-state index contributed by atoms with van der Waals surface area (Å²) >= 11 is 0. The van der Waals surface area contributed by atoms with Crippen molar-refractivity contribution in [3.05, 3.63) is 243 Å². The fourth-order valence-electron chi connectivity index (χ4n) is 8.91. The van der Waals surface area contributed by atoms with Crippen molar-refractivity contribution in [3.8, 4) is 50.2 Å². The predicted octanol–water partition coefficient (Wildman–Crippen LogP) is 16.1. The molecule has 0 unspecified atom stereocenters. The number of benzene rings is 10. The van der Waals surface area contributed by atoms with Crippen LogP contribution >= 0.6 is 0 Å². The second kappa shape index (κ2) is 15.1. The van der Waals surface area contributed by atoms with Crippen molar-refractivity contribution >= 4 is 49.6 Å². The minimum absolute atomic E-state index is 1.08. The summed E-state index contributed by atoms with van der Waals surface area (Å²) in [4.78, 5) is 2.39. The fourth-order valence-corrected chi connectivity index (χ4v) is 8.91. The maximum absolute atomic E-state index is 2.43. The lowest BCUT2D eigenvalue weighted by Gasteiger charge is -2.26. The molecule has 0 saturated heterocycles. The molecule has 10 aromatic carbocycles. The van der Waals surface area contributed by atoms with E-state index in [2.05, 4.69) is 252 Å². The summed E-state index contributed by atoms with van der Waals surface area (Å²) in [6.07, 6.45) is 0. The molecular weight excluding hydrogens is 725 g/mol. The Morgan fingerprint density at radius 2 is 0.750 bits per heavy atom. The average Bonchev–Trinajstić information content (AvgIpc) is 3.67. The molecule has 1 aromatic heterocycles. The number of fused-ring (bicyclic) bond motifs is 4. The largest absolute Gasteiger partial charge is 0.310 e. The second-order valence-corrected chi connectivity index (χ2v) is 15.3. The highest BCUT2D eigenvalue weighted by atomic mass is 15.1. The first-order valence-corrected chi connectivity index (χ1v) is 20.6. The summed E-state index contributed by atoms with van der Waals surface area (Å²) in [6, 6.07) is 87.8. The summed E-state index contributed by atoms with van der Waals surface area (Å²) in [6.45, 7) is 0. The van der Waals surface area contributed by atoms with Crippen LogP contribution in [-0.4, -0.2) is 4.57 Å². The van der Waals surface area contributed by atoms with E-state index in [1.807, 2.05) is 0 Å². The minimum Gasteiger partial charge on any atom is -0.310 e. The number of rotatable bonds is 8. The van der Waals surface area contributed by atoms with E-state index in [0.29, 0.717) is 0 Å². The number of para-hydroxylation sites is 1. The number of hydrogen-bond acceptors (Lipinski definition) is 1. The van der Waals surface area contributed by atoms with Crippen LogP contribution in [0.2, 0.25) is 0 Å². The van der Waals surface area contributed by atoms with Crippen LogP contribution in [0, 0.1) is 0 Å². The Labute approximate surface area is 350 Å². The molecule has 0 aliphatic carbocycles. The SMILES string of the molecule is c1ccc(-c2ccc(-c3cccc4c3c3ccc(N(c5ccc(-c6ccccc6)cc5)c5ccc(-c6cccc7ccccc67)cc5)cc3n4-c3ccccc3)cc2)cc1. The normalized spacial score (nSPS) is 11.3. The predicted molar refractivity (Wildman–Crippen MR) is 255 cm³/mol. The Morgan fingerprint density at radius 3 is 1.42 bits per heavy atom. The molecule has 0 aliphatic rings. The molecule has 11 aromatic rings. The Kier molecular flexibility index (Phi) is 8.87. The van der Waals surface area contributed by atoms with Crippen LogP contribution in [0.5, 0.6) is 0 Å². The van der Waals surface area contributed by atoms with E-state index in [9.17, 15) is 0 Å². The molecule has 0 spiro atoms. The number of nitrogens with zero attached hydrogens (tertiary/aromatic N) is 2. The van der Waals surface area contributed by atoms with Gasteiger partial charge in [-0.05, 0) is 110 Å². The van der Waals surface area contributed by atoms with Gasteiger partial charge in [-0.3, -0.25) is 0 Å². The minimum atomic E-state index is 1.08. The Morgan fingerprint density at radius 1 is 0.283 bits per heavy atom. The van der Waals surface area contributed by atoms with E-state index in [1.165, 1.54) is 71.6 Å². The molecule has 0 saturated carbocycles. The van der Waals surface area contributed by atoms with E-state index in [4.69, 9.17) is 0 Å². The van der Waals surface area contributed by atoms with E-state index >= 15 is 0 Å². The third-order valence-corrected chi connectivity index (χ3v) is 11.8. The highest BCUT2D eigenvalue weighted by Gasteiger charge is 2.20. The summed E-state index contributed by atoms with van der Waals surface area (Å²) in [5.74, 6) is 0. The highest BCUT2D eigenvalue weighted by molar-refractivity contribution is 6.16. The van der Waals surface area contributed by atoms with Crippen LogP contribution in [0.1, 0.15) is 0 Å². The second-order valence-electron chi connectivity index (χ2n) is 15.3. The standard InChI is InChI=1S/C58H40N2/c1-4-14-41(15-5-1)43-26-28-47(29-27-43)54-24-13-25-56-58(54)55-39-38-51(40-57(55)60(56)48-20-8-3-9-21-48)59(49-34-30-44(31-35-49)42-16-6-2-7-17-42)50-36-32-46(33-37-50)53-23-12-19-45-18-10-11-22-52(45)53/h1-40H. The smallest absolute Gasteiger partial charge is 0.0562 e. The van der Waals surface area contributed by atoms with Crippen LogP contribution in [0.4, 0.5) is 17.1 Å². The van der Waals surface area contributed by atoms with Gasteiger partial charge in [-0.1, -0.05) is 188 Å². The maximum atomic E-state index is 2.43. The molecule has 2 nitrogen and oxygen atoms in total. The van der Waals surface area contributed by atoms with Gasteiger partial charge in [0.25, 0.3) is 0 Å². The van der Waals surface area contributed by atoms with E-state index in [1.54, 1.807) is 0 Å². The van der Waals surface area contributed by atoms with Gasteiger partial charge >= 0.3 is 0 Å². The highest BCUT2D eigenvalue weighted by Crippen LogP contribution is 2.43. The van der Waals surface area contributed by atoms with Gasteiger partial charge in [-0.15, -0.1) is 0 Å². The van der Waals surface area contributed by atoms with Crippen LogP contribution in [0.3, 0.4) is 0 Å². The third-order valence-electron chi connectivity index (χ3n) is 11.8. The molecule has 0 atom stereocenters. The Bertz CT molecular complexity index is 3250. The summed E-state index contributed by atoms with van der Waals surface area (Å²) in [5, 5.41) is 4.96. The molecule has 0 amide bonds. The van der Waals surface area contributed by atoms with Gasteiger partial charge < -0.3 is 9.47 Å². The molecule has 0 fully saturated rings. The van der Waals surface area contributed by atoms with Gasteiger partial charge in [0.1, 0.15) is 0 Å². The number of hydrogen-bond donors (Lipinski definition) is 0. The van der Waals surface area contributed by atoms with Crippen LogP contribution in [0.15, 0.2) is 243 Å². The lowest BCUT2D eigenvalue weighted by Crippen LogP contribution is -2.10. The zero-order valence-corrected chi connectivity index (χ0v) is 33.0.